The van der Waals surface area contributed by atoms with Crippen molar-refractivity contribution >= 4 is 59.2 Å². The number of carboxylic acid groups (broad SMARTS) is 1. The smallest absolute Gasteiger partial charge is 0.321 e. The van der Waals surface area contributed by atoms with E-state index in [1.807, 2.05) is 0 Å². The third-order valence-electron chi connectivity index (χ3n) is 2.12. The minimum absolute atomic E-state index is 0.00745. The Labute approximate surface area is 131 Å². The van der Waals surface area contributed by atoms with Gasteiger partial charge in [0.1, 0.15) is 10.9 Å². The maximum Gasteiger partial charge on any atom is 0.321 e. The molecule has 19 heavy (non-hydrogen) atoms. The first-order valence-electron chi connectivity index (χ1n) is 4.97. The summed E-state index contributed by atoms with van der Waals surface area (Å²) in [6.45, 7) is 0.147. The third kappa shape index (κ3) is 4.80. The van der Waals surface area contributed by atoms with Crippen molar-refractivity contribution in [1.29, 1.82) is 0 Å². The Morgan fingerprint density at radius 3 is 2.63 bits per heavy atom. The molecule has 1 aromatic rings. The topological polar surface area (TPSA) is 92.7 Å². The molecule has 0 aromatic carbocycles. The van der Waals surface area contributed by atoms with Crippen LogP contribution in [-0.2, 0) is 19.6 Å². The van der Waals surface area contributed by atoms with Gasteiger partial charge in [-0.25, -0.2) is 8.42 Å². The Morgan fingerprint density at radius 2 is 2.21 bits per heavy atom. The third-order valence-corrected chi connectivity index (χ3v) is 6.35. The summed E-state index contributed by atoms with van der Waals surface area (Å²) < 4.78 is 32.1. The minimum atomic E-state index is -3.90. The van der Waals surface area contributed by atoms with E-state index in [1.165, 1.54) is 24.5 Å². The van der Waals surface area contributed by atoms with Gasteiger partial charge in [0.15, 0.2) is 0 Å². The number of hydrogen-bond donors (Lipinski definition) is 2. The van der Waals surface area contributed by atoms with Crippen molar-refractivity contribution in [1.82, 2.24) is 4.72 Å². The average Bonchev–Trinajstić information content (AvgIpc) is 2.64. The Kier molecular flexibility index (Phi) is 6.40. The van der Waals surface area contributed by atoms with Crippen molar-refractivity contribution in [3.63, 3.8) is 0 Å². The summed E-state index contributed by atoms with van der Waals surface area (Å²) in [5, 5.41) is 8.98. The Morgan fingerprint density at radius 1 is 1.58 bits per heavy atom. The van der Waals surface area contributed by atoms with E-state index in [4.69, 9.17) is 9.84 Å². The molecule has 1 heterocycles. The molecule has 0 fully saturated rings. The van der Waals surface area contributed by atoms with Crippen molar-refractivity contribution in [2.24, 2.45) is 0 Å². The molecule has 1 unspecified atom stereocenters. The molecule has 0 amide bonds. The molecule has 0 saturated carbocycles. The number of thiophene rings is 1. The molecule has 0 radical (unpaired) electrons. The number of carboxylic acids is 1. The van der Waals surface area contributed by atoms with Crippen LogP contribution < -0.4 is 4.72 Å². The van der Waals surface area contributed by atoms with E-state index in [2.05, 4.69) is 36.6 Å². The molecular weight excluding hydrogens is 426 g/mol. The molecular formula is C9H11Br2NO5S2. The molecule has 0 saturated heterocycles. The Bertz CT molecular complexity index is 557. The van der Waals surface area contributed by atoms with E-state index in [-0.39, 0.29) is 17.9 Å². The van der Waals surface area contributed by atoms with Crippen LogP contribution >= 0.6 is 43.2 Å². The summed E-state index contributed by atoms with van der Waals surface area (Å²) >= 11 is 7.49. The fraction of sp³-hybridized carbons (Fsp3) is 0.444. The van der Waals surface area contributed by atoms with Crippen LogP contribution in [0.3, 0.4) is 0 Å². The molecule has 0 bridgehead atoms. The second kappa shape index (κ2) is 7.14. The summed E-state index contributed by atoms with van der Waals surface area (Å²) in [5.74, 6) is -1.24. The fourth-order valence-electron chi connectivity index (χ4n) is 1.23. The zero-order valence-electron chi connectivity index (χ0n) is 9.72. The lowest BCUT2D eigenvalue weighted by Gasteiger charge is -2.13. The summed E-state index contributed by atoms with van der Waals surface area (Å²) in [5.41, 5.74) is 0. The van der Waals surface area contributed by atoms with Crippen LogP contribution in [0.5, 0.6) is 0 Å². The Hall–Kier alpha value is -0.000000000000000111. The van der Waals surface area contributed by atoms with Gasteiger partial charge in [0, 0.05) is 13.7 Å². The SMILES string of the molecule is COCCC(NS(=O)(=O)c1cc(Br)sc1Br)C(=O)O. The molecule has 0 aliphatic rings. The van der Waals surface area contributed by atoms with Crippen molar-refractivity contribution < 1.29 is 23.1 Å². The van der Waals surface area contributed by atoms with E-state index < -0.39 is 22.0 Å². The van der Waals surface area contributed by atoms with E-state index in [0.29, 0.717) is 7.57 Å². The zero-order valence-corrected chi connectivity index (χ0v) is 14.5. The van der Waals surface area contributed by atoms with Gasteiger partial charge in [-0.05, 0) is 44.3 Å². The minimum Gasteiger partial charge on any atom is -0.480 e. The number of ether oxygens (including phenoxy) is 1. The maximum absolute atomic E-state index is 12.1. The lowest BCUT2D eigenvalue weighted by molar-refractivity contribution is -0.139. The first kappa shape index (κ1) is 17.1. The Balaban J connectivity index is 2.94. The van der Waals surface area contributed by atoms with Crippen molar-refractivity contribution in [3.05, 3.63) is 13.6 Å². The van der Waals surface area contributed by atoms with Gasteiger partial charge in [-0.2, -0.15) is 4.72 Å². The van der Waals surface area contributed by atoms with Gasteiger partial charge < -0.3 is 9.84 Å². The van der Waals surface area contributed by atoms with Crippen LogP contribution in [0.1, 0.15) is 6.42 Å². The normalized spacial score (nSPS) is 13.4. The molecule has 2 N–H and O–H groups in total. The van der Waals surface area contributed by atoms with E-state index in [0.717, 1.165) is 0 Å². The summed E-state index contributed by atoms with van der Waals surface area (Å²) in [4.78, 5) is 11.0. The second-order valence-corrected chi connectivity index (χ2v) is 8.91. The van der Waals surface area contributed by atoms with Crippen molar-refractivity contribution in [3.8, 4) is 0 Å². The molecule has 1 atom stereocenters. The van der Waals surface area contributed by atoms with Gasteiger partial charge in [0.25, 0.3) is 0 Å². The van der Waals surface area contributed by atoms with Gasteiger partial charge in [-0.15, -0.1) is 11.3 Å². The maximum atomic E-state index is 12.1. The number of methoxy groups -OCH3 is 1. The largest absolute Gasteiger partial charge is 0.480 e. The van der Waals surface area contributed by atoms with Gasteiger partial charge in [0.2, 0.25) is 10.0 Å². The van der Waals surface area contributed by atoms with E-state index in [9.17, 15) is 13.2 Å². The molecule has 6 nitrogen and oxygen atoms in total. The zero-order chi connectivity index (χ0) is 14.6. The fourth-order valence-corrected chi connectivity index (χ4v) is 6.26. The van der Waals surface area contributed by atoms with Gasteiger partial charge in [-0.3, -0.25) is 4.79 Å². The van der Waals surface area contributed by atoms with Crippen LogP contribution in [0, 0.1) is 0 Å². The number of aliphatic carboxylic acids is 1. The van der Waals surface area contributed by atoms with Crippen LogP contribution in [0.15, 0.2) is 18.5 Å². The molecule has 0 aliphatic carbocycles. The summed E-state index contributed by atoms with van der Waals surface area (Å²) in [7, 11) is -2.48. The molecule has 0 aliphatic heterocycles. The highest BCUT2D eigenvalue weighted by Gasteiger charge is 2.27. The molecule has 0 spiro atoms. The quantitative estimate of drug-likeness (QED) is 0.682. The lowest BCUT2D eigenvalue weighted by atomic mass is 10.2. The highest BCUT2D eigenvalue weighted by atomic mass is 79.9. The predicted molar refractivity (Wildman–Crippen MR) is 78.0 cm³/mol. The van der Waals surface area contributed by atoms with Gasteiger partial charge in [-0.1, -0.05) is 0 Å². The molecule has 10 heteroatoms. The van der Waals surface area contributed by atoms with Crippen LogP contribution in [0.4, 0.5) is 0 Å². The monoisotopic (exact) mass is 435 g/mol. The number of halogens is 2. The number of nitrogens with one attached hydrogen (secondary N) is 1. The summed E-state index contributed by atoms with van der Waals surface area (Å²) in [6, 6.07) is 0.183. The van der Waals surface area contributed by atoms with E-state index >= 15 is 0 Å². The standard InChI is InChI=1S/C9H11Br2NO5S2/c1-17-3-2-5(9(13)14)12-19(15,16)6-4-7(10)18-8(6)11/h4-5,12H,2-3H2,1H3,(H,13,14). The van der Waals surface area contributed by atoms with Crippen molar-refractivity contribution in [2.45, 2.75) is 17.4 Å². The average molecular weight is 437 g/mol. The number of rotatable bonds is 7. The van der Waals surface area contributed by atoms with Crippen LogP contribution in [0.2, 0.25) is 0 Å². The van der Waals surface area contributed by atoms with Crippen molar-refractivity contribution in [2.75, 3.05) is 13.7 Å². The highest BCUT2D eigenvalue weighted by Crippen LogP contribution is 2.34. The first-order valence-corrected chi connectivity index (χ1v) is 8.85. The van der Waals surface area contributed by atoms with Crippen LogP contribution in [-0.4, -0.2) is 39.3 Å². The van der Waals surface area contributed by atoms with Gasteiger partial charge in [0.05, 0.1) is 7.57 Å². The first-order chi connectivity index (χ1) is 8.77. The molecule has 1 rings (SSSR count). The number of hydrogen-bond acceptors (Lipinski definition) is 5. The molecule has 1 aromatic heterocycles. The summed E-state index contributed by atoms with van der Waals surface area (Å²) in [6.07, 6.45) is 0.0496. The number of sulfonamides is 1. The highest BCUT2D eigenvalue weighted by molar-refractivity contribution is 9.12. The predicted octanol–water partition coefficient (Wildman–Crippen LogP) is 2.04. The number of carbonyl (C=O) groups is 1. The van der Waals surface area contributed by atoms with Gasteiger partial charge >= 0.3 is 5.97 Å². The van der Waals surface area contributed by atoms with Crippen LogP contribution in [0.25, 0.3) is 0 Å². The molecule has 108 valence electrons. The van der Waals surface area contributed by atoms with E-state index in [1.54, 1.807) is 0 Å². The lowest BCUT2D eigenvalue weighted by Crippen LogP contribution is -2.41. The second-order valence-electron chi connectivity index (χ2n) is 3.48.